The highest BCUT2D eigenvalue weighted by molar-refractivity contribution is 8.07. The van der Waals surface area contributed by atoms with E-state index in [4.69, 9.17) is 0 Å². The van der Waals surface area contributed by atoms with Crippen molar-refractivity contribution in [2.24, 2.45) is 0 Å². The number of aryl methyl sites for hydroxylation is 1. The van der Waals surface area contributed by atoms with Gasteiger partial charge in [0.2, 0.25) is 0 Å². The molecule has 1 fully saturated rings. The molecule has 1 aliphatic rings. The Balaban J connectivity index is 1.96. The molecule has 1 N–H and O–H groups in total. The van der Waals surface area contributed by atoms with E-state index in [1.165, 1.54) is 10.8 Å². The van der Waals surface area contributed by atoms with Crippen LogP contribution in [0.2, 0.25) is 0 Å². The van der Waals surface area contributed by atoms with Crippen molar-refractivity contribution in [3.8, 4) is 0 Å². The molecular weight excluding hydrogens is 280 g/mol. The molecule has 0 aromatic carbocycles. The van der Waals surface area contributed by atoms with Gasteiger partial charge in [0.1, 0.15) is 0 Å². The monoisotopic (exact) mass is 302 g/mol. The fraction of sp³-hybridized carbons (Fsp3) is 0.769. The maximum atomic E-state index is 4.59. The van der Waals surface area contributed by atoms with Crippen LogP contribution in [-0.2, 0) is 6.42 Å². The van der Waals surface area contributed by atoms with Crippen LogP contribution in [0.25, 0.3) is 0 Å². The Hall–Kier alpha value is 0.290. The second-order valence-electron chi connectivity index (χ2n) is 4.90. The third kappa shape index (κ3) is 3.65. The average Bonchev–Trinajstić information content (AvgIpc) is 2.75. The summed E-state index contributed by atoms with van der Waals surface area (Å²) in [4.78, 5) is 4.59. The van der Waals surface area contributed by atoms with Crippen LogP contribution >= 0.6 is 34.9 Å². The quantitative estimate of drug-likeness (QED) is 0.923. The summed E-state index contributed by atoms with van der Waals surface area (Å²) in [6.45, 7) is 6.77. The van der Waals surface area contributed by atoms with Crippen LogP contribution < -0.4 is 5.32 Å². The van der Waals surface area contributed by atoms with Crippen LogP contribution in [0.1, 0.15) is 24.5 Å². The predicted octanol–water partition coefficient (Wildman–Crippen LogP) is 3.21. The third-order valence-corrected chi connectivity index (χ3v) is 7.99. The second kappa shape index (κ2) is 6.64. The summed E-state index contributed by atoms with van der Waals surface area (Å²) in [6.07, 6.45) is 1.06. The molecule has 0 radical (unpaired) electrons. The Morgan fingerprint density at radius 1 is 1.44 bits per heavy atom. The van der Waals surface area contributed by atoms with Crippen molar-refractivity contribution in [2.45, 2.75) is 49.0 Å². The number of hydrogen-bond donors (Lipinski definition) is 1. The van der Waals surface area contributed by atoms with Gasteiger partial charge in [0, 0.05) is 45.0 Å². The fourth-order valence-electron chi connectivity index (χ4n) is 2.12. The first-order chi connectivity index (χ1) is 8.60. The largest absolute Gasteiger partial charge is 0.315 e. The number of hydrogen-bond acceptors (Lipinski definition) is 5. The van der Waals surface area contributed by atoms with Crippen LogP contribution in [0, 0.1) is 6.92 Å². The predicted molar refractivity (Wildman–Crippen MR) is 86.2 cm³/mol. The van der Waals surface area contributed by atoms with Gasteiger partial charge in [0.05, 0.1) is 5.01 Å². The van der Waals surface area contributed by atoms with Gasteiger partial charge in [-0.15, -0.1) is 11.3 Å². The zero-order valence-corrected chi connectivity index (χ0v) is 13.9. The van der Waals surface area contributed by atoms with E-state index in [0.717, 1.165) is 22.6 Å². The van der Waals surface area contributed by atoms with Gasteiger partial charge in [0.25, 0.3) is 0 Å². The maximum Gasteiger partial charge on any atom is 0.0944 e. The van der Waals surface area contributed by atoms with Crippen LogP contribution in [-0.4, -0.2) is 39.6 Å². The molecule has 2 nitrogen and oxygen atoms in total. The van der Waals surface area contributed by atoms with E-state index in [0.29, 0.717) is 11.3 Å². The number of likely N-dealkylation sites (N-methyl/N-ethyl adjacent to an activating group) is 1. The molecule has 0 spiro atoms. The highest BCUT2D eigenvalue weighted by atomic mass is 32.2. The Kier molecular flexibility index (Phi) is 5.42. The SMILES string of the molecule is CNC(Cc1nc(C)cs1)C1CSC(C)C(C)S1. The van der Waals surface area contributed by atoms with Crippen molar-refractivity contribution in [1.82, 2.24) is 10.3 Å². The van der Waals surface area contributed by atoms with Gasteiger partial charge in [0.15, 0.2) is 0 Å². The number of thioether (sulfide) groups is 2. The molecule has 5 heteroatoms. The van der Waals surface area contributed by atoms with E-state index in [9.17, 15) is 0 Å². The first kappa shape index (κ1) is 14.7. The van der Waals surface area contributed by atoms with Gasteiger partial charge in [-0.2, -0.15) is 23.5 Å². The number of aromatic nitrogens is 1. The van der Waals surface area contributed by atoms with Gasteiger partial charge in [-0.3, -0.25) is 0 Å². The zero-order chi connectivity index (χ0) is 13.1. The first-order valence-corrected chi connectivity index (χ1v) is 9.32. The molecule has 0 bridgehead atoms. The minimum atomic E-state index is 0.544. The summed E-state index contributed by atoms with van der Waals surface area (Å²) >= 11 is 6.05. The van der Waals surface area contributed by atoms with Crippen molar-refractivity contribution in [3.05, 3.63) is 16.1 Å². The van der Waals surface area contributed by atoms with Crippen LogP contribution in [0.4, 0.5) is 0 Å². The summed E-state index contributed by atoms with van der Waals surface area (Å²) in [6, 6.07) is 0.544. The Labute approximate surface area is 123 Å². The molecule has 1 aromatic heterocycles. The molecule has 0 saturated carbocycles. The summed E-state index contributed by atoms with van der Waals surface area (Å²) in [7, 11) is 2.08. The molecule has 1 aromatic rings. The van der Waals surface area contributed by atoms with Gasteiger partial charge in [-0.25, -0.2) is 4.98 Å². The van der Waals surface area contributed by atoms with Gasteiger partial charge < -0.3 is 5.32 Å². The van der Waals surface area contributed by atoms with Gasteiger partial charge >= 0.3 is 0 Å². The van der Waals surface area contributed by atoms with Crippen LogP contribution in [0.3, 0.4) is 0 Å². The Morgan fingerprint density at radius 3 is 2.78 bits per heavy atom. The fourth-order valence-corrected chi connectivity index (χ4v) is 6.12. The van der Waals surface area contributed by atoms with Crippen molar-refractivity contribution >= 4 is 34.9 Å². The van der Waals surface area contributed by atoms with Crippen molar-refractivity contribution < 1.29 is 0 Å². The summed E-state index contributed by atoms with van der Waals surface area (Å²) in [5.41, 5.74) is 1.15. The lowest BCUT2D eigenvalue weighted by Gasteiger charge is -2.35. The molecule has 0 aliphatic carbocycles. The molecule has 18 heavy (non-hydrogen) atoms. The minimum absolute atomic E-state index is 0.544. The summed E-state index contributed by atoms with van der Waals surface area (Å²) in [5.74, 6) is 1.26. The topological polar surface area (TPSA) is 24.9 Å². The first-order valence-electron chi connectivity index (χ1n) is 6.45. The number of nitrogens with one attached hydrogen (secondary N) is 1. The van der Waals surface area contributed by atoms with Crippen LogP contribution in [0.5, 0.6) is 0 Å². The van der Waals surface area contributed by atoms with Crippen LogP contribution in [0.15, 0.2) is 5.38 Å². The molecule has 2 rings (SSSR count). The van der Waals surface area contributed by atoms with Crippen molar-refractivity contribution in [3.63, 3.8) is 0 Å². The molecule has 4 atom stereocenters. The van der Waals surface area contributed by atoms with Crippen molar-refractivity contribution in [2.75, 3.05) is 12.8 Å². The Morgan fingerprint density at radius 2 is 2.22 bits per heavy atom. The lowest BCUT2D eigenvalue weighted by atomic mass is 10.1. The number of rotatable bonds is 4. The minimum Gasteiger partial charge on any atom is -0.315 e. The molecule has 0 amide bonds. The molecule has 4 unspecified atom stereocenters. The van der Waals surface area contributed by atoms with E-state index in [-0.39, 0.29) is 0 Å². The highest BCUT2D eigenvalue weighted by Crippen LogP contribution is 2.37. The second-order valence-corrected chi connectivity index (χ2v) is 8.87. The normalized spacial score (nSPS) is 30.3. The highest BCUT2D eigenvalue weighted by Gasteiger charge is 2.31. The van der Waals surface area contributed by atoms with E-state index in [1.807, 2.05) is 0 Å². The summed E-state index contributed by atoms with van der Waals surface area (Å²) < 4.78 is 0. The number of thiazole rings is 1. The molecule has 1 saturated heterocycles. The molecule has 2 heterocycles. The molecule has 102 valence electrons. The molecule has 1 aliphatic heterocycles. The lowest BCUT2D eigenvalue weighted by Crippen LogP contribution is -2.43. The van der Waals surface area contributed by atoms with Gasteiger partial charge in [-0.05, 0) is 14.0 Å². The average molecular weight is 303 g/mol. The third-order valence-electron chi connectivity index (χ3n) is 3.45. The zero-order valence-electron chi connectivity index (χ0n) is 11.5. The van der Waals surface area contributed by atoms with Gasteiger partial charge in [-0.1, -0.05) is 13.8 Å². The number of nitrogens with zero attached hydrogens (tertiary/aromatic N) is 1. The van der Waals surface area contributed by atoms with E-state index >= 15 is 0 Å². The smallest absolute Gasteiger partial charge is 0.0944 e. The standard InChI is InChI=1S/C13H22N2S3/c1-8-6-17-13(15-8)5-11(14-4)12-7-16-9(2)10(3)18-12/h6,9-12,14H,5,7H2,1-4H3. The maximum absolute atomic E-state index is 4.59. The van der Waals surface area contributed by atoms with Crippen molar-refractivity contribution in [1.29, 1.82) is 0 Å². The molecular formula is C13H22N2S3. The van der Waals surface area contributed by atoms with E-state index < -0.39 is 0 Å². The summed E-state index contributed by atoms with van der Waals surface area (Å²) in [5, 5.41) is 9.15. The van der Waals surface area contributed by atoms with E-state index in [1.54, 1.807) is 11.3 Å². The lowest BCUT2D eigenvalue weighted by molar-refractivity contribution is 0.552. The van der Waals surface area contributed by atoms with E-state index in [2.05, 4.69) is 67.0 Å². The Bertz CT molecular complexity index is 380.